The van der Waals surface area contributed by atoms with Crippen molar-refractivity contribution in [3.8, 4) is 0 Å². The Morgan fingerprint density at radius 2 is 1.86 bits per heavy atom. The molecule has 0 bridgehead atoms. The van der Waals surface area contributed by atoms with Gasteiger partial charge in [0.05, 0.1) is 0 Å². The molecule has 1 nitrogen and oxygen atoms in total. The van der Waals surface area contributed by atoms with Gasteiger partial charge in [0.1, 0.15) is 0 Å². The van der Waals surface area contributed by atoms with Crippen LogP contribution in [0.15, 0.2) is 11.3 Å². The molecule has 0 aromatic carbocycles. The van der Waals surface area contributed by atoms with E-state index in [4.69, 9.17) is 5.73 Å². The maximum atomic E-state index is 5.50. The van der Waals surface area contributed by atoms with Crippen molar-refractivity contribution in [1.29, 1.82) is 0 Å². The maximum absolute atomic E-state index is 5.50. The molecule has 0 saturated heterocycles. The second kappa shape index (κ2) is 2.67. The third kappa shape index (κ3) is 2.26. The molecule has 0 atom stereocenters. The lowest BCUT2D eigenvalue weighted by Crippen LogP contribution is -1.96. The largest absolute Gasteiger partial charge is 0.402 e. The fraction of sp³-hybridized carbons (Fsp3) is 0.667. The molecule has 42 valence electrons. The Balaban J connectivity index is 3.72. The zero-order chi connectivity index (χ0) is 5.86. The van der Waals surface area contributed by atoms with Crippen LogP contribution in [0, 0.1) is 0 Å². The Kier molecular flexibility index (Phi) is 2.49. The van der Waals surface area contributed by atoms with Gasteiger partial charge in [0.2, 0.25) is 0 Å². The van der Waals surface area contributed by atoms with Gasteiger partial charge in [-0.05, 0) is 20.3 Å². The topological polar surface area (TPSA) is 26.0 Å². The fourth-order valence-electron chi connectivity index (χ4n) is 0.354. The first-order chi connectivity index (χ1) is 3.18. The van der Waals surface area contributed by atoms with E-state index in [1.165, 1.54) is 5.57 Å². The summed E-state index contributed by atoms with van der Waals surface area (Å²) in [6.07, 6.45) is 0.975. The molecular weight excluding hydrogens is 86.1 g/mol. The van der Waals surface area contributed by atoms with E-state index < -0.39 is 0 Å². The van der Waals surface area contributed by atoms with Crippen LogP contribution in [0.2, 0.25) is 0 Å². The number of allylic oxidation sites excluding steroid dienone is 2. The van der Waals surface area contributed by atoms with Gasteiger partial charge in [-0.15, -0.1) is 0 Å². The highest BCUT2D eigenvalue weighted by Gasteiger charge is 1.83. The summed E-state index contributed by atoms with van der Waals surface area (Å²) in [6.45, 7) is 6.11. The van der Waals surface area contributed by atoms with Gasteiger partial charge in [-0.2, -0.15) is 0 Å². The summed E-state index contributed by atoms with van der Waals surface area (Å²) in [5.74, 6) is 0. The van der Waals surface area contributed by atoms with Gasteiger partial charge in [-0.25, -0.2) is 0 Å². The number of hydrogen-bond donors (Lipinski definition) is 1. The van der Waals surface area contributed by atoms with Crippen molar-refractivity contribution in [2.45, 2.75) is 27.2 Å². The molecule has 0 spiro atoms. The van der Waals surface area contributed by atoms with E-state index in [0.717, 1.165) is 12.1 Å². The first-order valence-electron chi connectivity index (χ1n) is 2.60. The van der Waals surface area contributed by atoms with Crippen LogP contribution in [0.1, 0.15) is 27.2 Å². The van der Waals surface area contributed by atoms with Gasteiger partial charge >= 0.3 is 0 Å². The summed E-state index contributed by atoms with van der Waals surface area (Å²) in [5.41, 5.74) is 7.75. The average Bonchev–Trinajstić information content (AvgIpc) is 1.65. The van der Waals surface area contributed by atoms with Crippen molar-refractivity contribution in [1.82, 2.24) is 0 Å². The molecule has 2 N–H and O–H groups in total. The molecule has 0 aliphatic carbocycles. The highest BCUT2D eigenvalue weighted by molar-refractivity contribution is 5.03. The van der Waals surface area contributed by atoms with Crippen molar-refractivity contribution in [3.05, 3.63) is 11.3 Å². The van der Waals surface area contributed by atoms with Crippen molar-refractivity contribution >= 4 is 0 Å². The van der Waals surface area contributed by atoms with Crippen LogP contribution in [0.4, 0.5) is 0 Å². The molecule has 0 amide bonds. The summed E-state index contributed by atoms with van der Waals surface area (Å²) < 4.78 is 0. The number of rotatable bonds is 1. The summed E-state index contributed by atoms with van der Waals surface area (Å²) in [4.78, 5) is 0. The Morgan fingerprint density at radius 1 is 1.43 bits per heavy atom. The van der Waals surface area contributed by atoms with E-state index in [0.29, 0.717) is 0 Å². The van der Waals surface area contributed by atoms with Crippen LogP contribution < -0.4 is 5.73 Å². The summed E-state index contributed by atoms with van der Waals surface area (Å²) in [6, 6.07) is 0. The van der Waals surface area contributed by atoms with Crippen molar-refractivity contribution < 1.29 is 0 Å². The first-order valence-corrected chi connectivity index (χ1v) is 2.60. The minimum absolute atomic E-state index is 0.975. The lowest BCUT2D eigenvalue weighted by Gasteiger charge is -1.95. The molecule has 0 aliphatic heterocycles. The number of hydrogen-bond acceptors (Lipinski definition) is 1. The Morgan fingerprint density at radius 3 is 1.86 bits per heavy atom. The number of nitrogens with two attached hydrogens (primary N) is 1. The van der Waals surface area contributed by atoms with Gasteiger partial charge in [-0.1, -0.05) is 12.5 Å². The molecule has 7 heavy (non-hydrogen) atoms. The van der Waals surface area contributed by atoms with Crippen molar-refractivity contribution in [2.24, 2.45) is 5.73 Å². The average molecular weight is 99.2 g/mol. The third-order valence-corrected chi connectivity index (χ3v) is 1.02. The lowest BCUT2D eigenvalue weighted by atomic mass is 10.2. The van der Waals surface area contributed by atoms with E-state index >= 15 is 0 Å². The van der Waals surface area contributed by atoms with Crippen molar-refractivity contribution in [3.63, 3.8) is 0 Å². The molecule has 0 aliphatic rings. The molecule has 0 aromatic heterocycles. The molecule has 0 fully saturated rings. The zero-order valence-corrected chi connectivity index (χ0v) is 5.28. The first kappa shape index (κ1) is 6.54. The van der Waals surface area contributed by atoms with Crippen LogP contribution in [0.3, 0.4) is 0 Å². The zero-order valence-electron chi connectivity index (χ0n) is 5.28. The SMILES string of the molecule is CCC(N)=C(C)C. The molecule has 0 heterocycles. The predicted molar refractivity (Wildman–Crippen MR) is 32.9 cm³/mol. The molecule has 0 saturated carbocycles. The third-order valence-electron chi connectivity index (χ3n) is 1.02. The second-order valence-corrected chi connectivity index (χ2v) is 1.88. The fourth-order valence-corrected chi connectivity index (χ4v) is 0.354. The predicted octanol–water partition coefficient (Wildman–Crippen LogP) is 1.65. The van der Waals surface area contributed by atoms with Gasteiger partial charge in [-0.3, -0.25) is 0 Å². The van der Waals surface area contributed by atoms with Crippen molar-refractivity contribution in [2.75, 3.05) is 0 Å². The second-order valence-electron chi connectivity index (χ2n) is 1.88. The lowest BCUT2D eigenvalue weighted by molar-refractivity contribution is 1.02. The Bertz CT molecular complexity index is 78.2. The smallest absolute Gasteiger partial charge is 0.00639 e. The van der Waals surface area contributed by atoms with Crippen LogP contribution >= 0.6 is 0 Å². The molecule has 0 unspecified atom stereocenters. The van der Waals surface area contributed by atoms with Gasteiger partial charge in [0.15, 0.2) is 0 Å². The Hall–Kier alpha value is -0.460. The summed E-state index contributed by atoms with van der Waals surface area (Å²) in [5, 5.41) is 0. The highest BCUT2D eigenvalue weighted by atomic mass is 14.6. The van der Waals surface area contributed by atoms with E-state index in [-0.39, 0.29) is 0 Å². The summed E-state index contributed by atoms with van der Waals surface area (Å²) >= 11 is 0. The molecule has 0 radical (unpaired) electrons. The van der Waals surface area contributed by atoms with Crippen LogP contribution in [0.5, 0.6) is 0 Å². The monoisotopic (exact) mass is 99.1 g/mol. The Labute approximate surface area is 45.2 Å². The van der Waals surface area contributed by atoms with E-state index in [9.17, 15) is 0 Å². The quantitative estimate of drug-likeness (QED) is 0.531. The van der Waals surface area contributed by atoms with E-state index in [1.54, 1.807) is 0 Å². The minimum atomic E-state index is 0.975. The maximum Gasteiger partial charge on any atom is 0.00639 e. The molecule has 0 aromatic rings. The van der Waals surface area contributed by atoms with Gasteiger partial charge in [0, 0.05) is 5.70 Å². The van der Waals surface area contributed by atoms with Crippen LogP contribution in [-0.2, 0) is 0 Å². The van der Waals surface area contributed by atoms with Crippen LogP contribution in [-0.4, -0.2) is 0 Å². The van der Waals surface area contributed by atoms with E-state index in [1.807, 2.05) is 13.8 Å². The highest BCUT2D eigenvalue weighted by Crippen LogP contribution is 1.97. The van der Waals surface area contributed by atoms with Crippen LogP contribution in [0.25, 0.3) is 0 Å². The minimum Gasteiger partial charge on any atom is -0.402 e. The molecule has 1 heteroatoms. The summed E-state index contributed by atoms with van der Waals surface area (Å²) in [7, 11) is 0. The van der Waals surface area contributed by atoms with E-state index in [2.05, 4.69) is 6.92 Å². The van der Waals surface area contributed by atoms with Gasteiger partial charge in [0.25, 0.3) is 0 Å². The molecular formula is C6H13N. The van der Waals surface area contributed by atoms with Gasteiger partial charge < -0.3 is 5.73 Å². The normalized spacial score (nSPS) is 8.43. The molecule has 0 rings (SSSR count). The standard InChI is InChI=1S/C6H13N/c1-4-6(7)5(2)3/h4,7H2,1-3H3.